The van der Waals surface area contributed by atoms with Crippen LogP contribution in [0.5, 0.6) is 0 Å². The van der Waals surface area contributed by atoms with Crippen molar-refractivity contribution in [3.8, 4) is 0 Å². The van der Waals surface area contributed by atoms with E-state index in [0.717, 1.165) is 29.5 Å². The van der Waals surface area contributed by atoms with Crippen molar-refractivity contribution in [2.45, 2.75) is 65.0 Å². The molecule has 1 aromatic carbocycles. The summed E-state index contributed by atoms with van der Waals surface area (Å²) in [5, 5.41) is 1.13. The van der Waals surface area contributed by atoms with Crippen molar-refractivity contribution in [1.82, 2.24) is 0 Å². The predicted molar refractivity (Wildman–Crippen MR) is 96.5 cm³/mol. The number of hydrogen-bond donors (Lipinski definition) is 1. The standard InChI is InChI=1S/C21H27NO2/c1-14-10-18-17(12-21(23)24-20(18)11-15(14)2)13-22-9-5-7-16-6-3-4-8-19(16)22/h10-12,16,19H,3-9,13H2,1-2H3/p+1/t16-,19+/m1/s1. The average molecular weight is 326 g/mol. The summed E-state index contributed by atoms with van der Waals surface area (Å²) in [6.07, 6.45) is 8.28. The van der Waals surface area contributed by atoms with E-state index in [1.54, 1.807) is 11.0 Å². The van der Waals surface area contributed by atoms with E-state index in [4.69, 9.17) is 4.42 Å². The van der Waals surface area contributed by atoms with Gasteiger partial charge in [0.15, 0.2) is 0 Å². The molecule has 2 heterocycles. The highest BCUT2D eigenvalue weighted by Crippen LogP contribution is 2.29. The van der Waals surface area contributed by atoms with E-state index >= 15 is 0 Å². The number of piperidine rings is 1. The lowest BCUT2D eigenvalue weighted by Crippen LogP contribution is -3.16. The summed E-state index contributed by atoms with van der Waals surface area (Å²) < 4.78 is 5.47. The van der Waals surface area contributed by atoms with Crippen LogP contribution in [0.25, 0.3) is 11.0 Å². The molecule has 2 aromatic rings. The highest BCUT2D eigenvalue weighted by molar-refractivity contribution is 5.81. The van der Waals surface area contributed by atoms with Crippen LogP contribution >= 0.6 is 0 Å². The van der Waals surface area contributed by atoms with Crippen LogP contribution in [0.3, 0.4) is 0 Å². The number of hydrogen-bond acceptors (Lipinski definition) is 2. The van der Waals surface area contributed by atoms with Crippen molar-refractivity contribution in [2.24, 2.45) is 5.92 Å². The maximum absolute atomic E-state index is 12.0. The van der Waals surface area contributed by atoms with Crippen molar-refractivity contribution in [1.29, 1.82) is 0 Å². The molecule has 2 aliphatic rings. The SMILES string of the molecule is Cc1cc2oc(=O)cc(C[NH+]3CCC[C@H]4CCCC[C@@H]43)c2cc1C. The summed E-state index contributed by atoms with van der Waals surface area (Å²) in [4.78, 5) is 13.7. The topological polar surface area (TPSA) is 34.6 Å². The first-order chi connectivity index (χ1) is 11.6. The molecule has 128 valence electrons. The number of aryl methyl sites for hydroxylation is 2. The second-order valence-electron chi connectivity index (χ2n) is 7.90. The Bertz CT molecular complexity index is 805. The van der Waals surface area contributed by atoms with Gasteiger partial charge in [0.25, 0.3) is 0 Å². The van der Waals surface area contributed by atoms with Crippen LogP contribution in [0, 0.1) is 19.8 Å². The highest BCUT2D eigenvalue weighted by Gasteiger charge is 2.36. The molecule has 1 saturated heterocycles. The largest absolute Gasteiger partial charge is 0.423 e. The molecule has 3 nitrogen and oxygen atoms in total. The third kappa shape index (κ3) is 2.90. The van der Waals surface area contributed by atoms with Gasteiger partial charge in [-0.25, -0.2) is 4.79 Å². The molecule has 1 unspecified atom stereocenters. The molecular weight excluding hydrogens is 298 g/mol. The fraction of sp³-hybridized carbons (Fsp3) is 0.571. The molecular formula is C21H28NO2+. The molecule has 1 aromatic heterocycles. The summed E-state index contributed by atoms with van der Waals surface area (Å²) in [5.41, 5.74) is 4.15. The summed E-state index contributed by atoms with van der Waals surface area (Å²) in [6, 6.07) is 6.74. The van der Waals surface area contributed by atoms with Crippen LogP contribution in [-0.4, -0.2) is 12.6 Å². The van der Waals surface area contributed by atoms with Crippen LogP contribution in [-0.2, 0) is 6.54 Å². The Hall–Kier alpha value is -1.61. The number of rotatable bonds is 2. The molecule has 2 fully saturated rings. The summed E-state index contributed by atoms with van der Waals surface area (Å²) in [6.45, 7) is 6.41. The minimum Gasteiger partial charge on any atom is -0.423 e. The Morgan fingerprint density at radius 2 is 1.79 bits per heavy atom. The van der Waals surface area contributed by atoms with Crippen molar-refractivity contribution < 1.29 is 9.32 Å². The molecule has 0 spiro atoms. The number of benzene rings is 1. The molecule has 3 heteroatoms. The van der Waals surface area contributed by atoms with Gasteiger partial charge in [-0.3, -0.25) is 0 Å². The van der Waals surface area contributed by atoms with Crippen LogP contribution in [0.15, 0.2) is 27.4 Å². The van der Waals surface area contributed by atoms with Gasteiger partial charge in [-0.15, -0.1) is 0 Å². The van der Waals surface area contributed by atoms with Crippen molar-refractivity contribution in [3.63, 3.8) is 0 Å². The van der Waals surface area contributed by atoms with Gasteiger partial charge in [0.2, 0.25) is 0 Å². The quantitative estimate of drug-likeness (QED) is 0.861. The average Bonchev–Trinajstić information content (AvgIpc) is 2.57. The van der Waals surface area contributed by atoms with Crippen molar-refractivity contribution >= 4 is 11.0 Å². The van der Waals surface area contributed by atoms with Crippen LogP contribution in [0.2, 0.25) is 0 Å². The Balaban J connectivity index is 1.71. The Kier molecular flexibility index (Phi) is 4.21. The zero-order valence-corrected chi connectivity index (χ0v) is 14.9. The van der Waals surface area contributed by atoms with E-state index in [2.05, 4.69) is 19.9 Å². The van der Waals surface area contributed by atoms with Crippen molar-refractivity contribution in [2.75, 3.05) is 6.54 Å². The zero-order valence-electron chi connectivity index (χ0n) is 14.9. The van der Waals surface area contributed by atoms with Gasteiger partial charge in [0.05, 0.1) is 12.6 Å². The predicted octanol–water partition coefficient (Wildman–Crippen LogP) is 3.15. The van der Waals surface area contributed by atoms with E-state index in [-0.39, 0.29) is 5.63 Å². The summed E-state index contributed by atoms with van der Waals surface area (Å²) in [7, 11) is 0. The van der Waals surface area contributed by atoms with Gasteiger partial charge in [0.1, 0.15) is 12.1 Å². The molecule has 0 bridgehead atoms. The second kappa shape index (κ2) is 6.36. The second-order valence-corrected chi connectivity index (χ2v) is 7.90. The van der Waals surface area contributed by atoms with E-state index in [0.29, 0.717) is 0 Å². The van der Waals surface area contributed by atoms with Gasteiger partial charge < -0.3 is 9.32 Å². The molecule has 1 N–H and O–H groups in total. The number of quaternary nitrogens is 1. The minimum absolute atomic E-state index is 0.211. The molecule has 1 saturated carbocycles. The van der Waals surface area contributed by atoms with Gasteiger partial charge in [0, 0.05) is 22.9 Å². The highest BCUT2D eigenvalue weighted by atomic mass is 16.4. The number of likely N-dealkylation sites (tertiary alicyclic amines) is 1. The molecule has 0 radical (unpaired) electrons. The van der Waals surface area contributed by atoms with Crippen LogP contribution in [0.4, 0.5) is 0 Å². The molecule has 1 aliphatic heterocycles. The lowest BCUT2D eigenvalue weighted by atomic mass is 9.78. The van der Waals surface area contributed by atoms with E-state index in [9.17, 15) is 4.79 Å². The monoisotopic (exact) mass is 326 g/mol. The van der Waals surface area contributed by atoms with Gasteiger partial charge in [-0.1, -0.05) is 6.42 Å². The first-order valence-electron chi connectivity index (χ1n) is 9.50. The Labute approximate surface area is 143 Å². The fourth-order valence-electron chi connectivity index (χ4n) is 4.96. The number of fused-ring (bicyclic) bond motifs is 2. The molecule has 0 amide bonds. The molecule has 4 rings (SSSR count). The van der Waals surface area contributed by atoms with Crippen LogP contribution < -0.4 is 10.5 Å². The Morgan fingerprint density at radius 3 is 2.67 bits per heavy atom. The summed E-state index contributed by atoms with van der Waals surface area (Å²) >= 11 is 0. The maximum atomic E-state index is 12.0. The van der Waals surface area contributed by atoms with Crippen LogP contribution in [0.1, 0.15) is 55.2 Å². The minimum atomic E-state index is -0.211. The molecule has 1 aliphatic carbocycles. The smallest absolute Gasteiger partial charge is 0.336 e. The van der Waals surface area contributed by atoms with Gasteiger partial charge >= 0.3 is 5.63 Å². The first kappa shape index (κ1) is 15.9. The number of nitrogens with one attached hydrogen (secondary N) is 1. The first-order valence-corrected chi connectivity index (χ1v) is 9.50. The van der Waals surface area contributed by atoms with E-state index < -0.39 is 0 Å². The third-order valence-corrected chi connectivity index (χ3v) is 6.37. The Morgan fingerprint density at radius 1 is 1.04 bits per heavy atom. The molecule has 24 heavy (non-hydrogen) atoms. The van der Waals surface area contributed by atoms with Gasteiger partial charge in [-0.05, 0) is 69.2 Å². The zero-order chi connectivity index (χ0) is 16.7. The maximum Gasteiger partial charge on any atom is 0.336 e. The third-order valence-electron chi connectivity index (χ3n) is 6.37. The summed E-state index contributed by atoms with van der Waals surface area (Å²) in [5.74, 6) is 0.901. The molecule has 3 atom stereocenters. The van der Waals surface area contributed by atoms with Gasteiger partial charge in [-0.2, -0.15) is 0 Å². The normalized spacial score (nSPS) is 27.2. The lowest BCUT2D eigenvalue weighted by Gasteiger charge is -2.41. The fourth-order valence-corrected chi connectivity index (χ4v) is 4.96. The lowest BCUT2D eigenvalue weighted by molar-refractivity contribution is -0.949. The van der Waals surface area contributed by atoms with E-state index in [1.165, 1.54) is 61.8 Å². The van der Waals surface area contributed by atoms with Crippen molar-refractivity contribution in [3.05, 3.63) is 45.3 Å². The van der Waals surface area contributed by atoms with E-state index in [1.807, 2.05) is 6.07 Å².